The minimum absolute atomic E-state index is 0.0407. The number of phenols is 1. The van der Waals surface area contributed by atoms with E-state index in [9.17, 15) is 17.6 Å². The van der Waals surface area contributed by atoms with Crippen LogP contribution in [0.15, 0.2) is 12.1 Å². The van der Waals surface area contributed by atoms with Crippen LogP contribution in [0.4, 0.5) is 17.6 Å². The lowest BCUT2D eigenvalue weighted by molar-refractivity contribution is -0.141. The highest BCUT2D eigenvalue weighted by molar-refractivity contribution is 5.42. The minimum Gasteiger partial charge on any atom is -0.507 e. The van der Waals surface area contributed by atoms with Crippen molar-refractivity contribution in [1.29, 1.82) is 0 Å². The van der Waals surface area contributed by atoms with Gasteiger partial charge in [0, 0.05) is 0 Å². The summed E-state index contributed by atoms with van der Waals surface area (Å²) < 4.78 is 54.7. The summed E-state index contributed by atoms with van der Waals surface area (Å²) in [5.74, 6) is -3.27. The molecular formula is C9H8F4O2. The molecule has 0 aliphatic rings. The van der Waals surface area contributed by atoms with Crippen LogP contribution in [0, 0.1) is 5.82 Å². The summed E-state index contributed by atoms with van der Waals surface area (Å²) in [6.45, 7) is 1.55. The van der Waals surface area contributed by atoms with Gasteiger partial charge in [-0.25, -0.2) is 4.39 Å². The summed E-state index contributed by atoms with van der Waals surface area (Å²) in [5, 5.41) is 8.90. The van der Waals surface area contributed by atoms with E-state index in [2.05, 4.69) is 4.74 Å². The first kappa shape index (κ1) is 11.6. The van der Waals surface area contributed by atoms with Crippen LogP contribution in [0.3, 0.4) is 0 Å². The van der Waals surface area contributed by atoms with Gasteiger partial charge in [-0.05, 0) is 19.1 Å². The van der Waals surface area contributed by atoms with Gasteiger partial charge >= 0.3 is 6.18 Å². The van der Waals surface area contributed by atoms with Crippen molar-refractivity contribution in [1.82, 2.24) is 0 Å². The number of ether oxygens (including phenoxy) is 1. The zero-order valence-corrected chi connectivity index (χ0v) is 7.73. The van der Waals surface area contributed by atoms with Gasteiger partial charge in [0.05, 0.1) is 6.61 Å². The van der Waals surface area contributed by atoms with E-state index < -0.39 is 29.1 Å². The minimum atomic E-state index is -4.94. The lowest BCUT2D eigenvalue weighted by Gasteiger charge is -2.12. The van der Waals surface area contributed by atoms with E-state index in [4.69, 9.17) is 5.11 Å². The second-order valence-corrected chi connectivity index (χ2v) is 2.70. The van der Waals surface area contributed by atoms with Crippen LogP contribution in [0.1, 0.15) is 12.5 Å². The fourth-order valence-electron chi connectivity index (χ4n) is 1.08. The molecule has 0 radical (unpaired) electrons. The van der Waals surface area contributed by atoms with E-state index in [1.54, 1.807) is 0 Å². The number of benzene rings is 1. The van der Waals surface area contributed by atoms with Gasteiger partial charge in [0.1, 0.15) is 11.3 Å². The third kappa shape index (κ3) is 2.31. The lowest BCUT2D eigenvalue weighted by Crippen LogP contribution is -2.10. The standard InChI is InChI=1S/C9H8F4O2/c1-2-15-6-4-3-5(14)7(8(6)10)9(11,12)13/h3-4,14H,2H2,1H3. The molecule has 1 N–H and O–H groups in total. The largest absolute Gasteiger partial charge is 0.507 e. The molecule has 1 aromatic carbocycles. The molecule has 0 aromatic heterocycles. The Hall–Kier alpha value is -1.46. The Labute approximate surface area is 83.1 Å². The van der Waals surface area contributed by atoms with E-state index in [1.165, 1.54) is 6.92 Å². The summed E-state index contributed by atoms with van der Waals surface area (Å²) in [7, 11) is 0. The first-order valence-corrected chi connectivity index (χ1v) is 4.09. The van der Waals surface area contributed by atoms with Crippen molar-refractivity contribution in [2.45, 2.75) is 13.1 Å². The Morgan fingerprint density at radius 2 is 1.93 bits per heavy atom. The smallest absolute Gasteiger partial charge is 0.422 e. The molecular weight excluding hydrogens is 216 g/mol. The molecule has 2 nitrogen and oxygen atoms in total. The Morgan fingerprint density at radius 1 is 1.33 bits per heavy atom. The number of rotatable bonds is 2. The number of hydrogen-bond donors (Lipinski definition) is 1. The van der Waals surface area contributed by atoms with Crippen molar-refractivity contribution in [2.24, 2.45) is 0 Å². The van der Waals surface area contributed by atoms with Gasteiger partial charge in [-0.3, -0.25) is 0 Å². The molecule has 0 saturated carbocycles. The number of alkyl halides is 3. The van der Waals surface area contributed by atoms with E-state index >= 15 is 0 Å². The second-order valence-electron chi connectivity index (χ2n) is 2.70. The molecule has 0 heterocycles. The number of aromatic hydroxyl groups is 1. The average Bonchev–Trinajstić information content (AvgIpc) is 2.08. The van der Waals surface area contributed by atoms with Crippen molar-refractivity contribution in [2.75, 3.05) is 6.61 Å². The predicted octanol–water partition coefficient (Wildman–Crippen LogP) is 2.95. The maximum atomic E-state index is 13.2. The van der Waals surface area contributed by atoms with Crippen LogP contribution in [0.2, 0.25) is 0 Å². The molecule has 0 aliphatic carbocycles. The summed E-state index contributed by atoms with van der Waals surface area (Å²) >= 11 is 0. The molecule has 0 atom stereocenters. The molecule has 0 unspecified atom stereocenters. The van der Waals surface area contributed by atoms with Crippen LogP contribution in [-0.2, 0) is 6.18 Å². The van der Waals surface area contributed by atoms with E-state index in [1.807, 2.05) is 0 Å². The molecule has 0 fully saturated rings. The Balaban J connectivity index is 3.30. The predicted molar refractivity (Wildman–Crippen MR) is 44.2 cm³/mol. The van der Waals surface area contributed by atoms with Gasteiger partial charge in [-0.15, -0.1) is 0 Å². The van der Waals surface area contributed by atoms with Gasteiger partial charge in [0.2, 0.25) is 0 Å². The SMILES string of the molecule is CCOc1ccc(O)c(C(F)(F)F)c1F. The van der Waals surface area contributed by atoms with Crippen LogP contribution in [-0.4, -0.2) is 11.7 Å². The van der Waals surface area contributed by atoms with Gasteiger partial charge in [0.25, 0.3) is 0 Å². The number of hydrogen-bond acceptors (Lipinski definition) is 2. The molecule has 0 aliphatic heterocycles. The summed E-state index contributed by atoms with van der Waals surface area (Å²) in [6.07, 6.45) is -4.94. The monoisotopic (exact) mass is 224 g/mol. The van der Waals surface area contributed by atoms with Crippen molar-refractivity contribution in [3.63, 3.8) is 0 Å². The van der Waals surface area contributed by atoms with E-state index in [0.717, 1.165) is 12.1 Å². The van der Waals surface area contributed by atoms with Crippen molar-refractivity contribution in [3.05, 3.63) is 23.5 Å². The van der Waals surface area contributed by atoms with Gasteiger partial charge in [-0.2, -0.15) is 13.2 Å². The Morgan fingerprint density at radius 3 is 2.40 bits per heavy atom. The zero-order valence-electron chi connectivity index (χ0n) is 7.73. The molecule has 0 spiro atoms. The molecule has 15 heavy (non-hydrogen) atoms. The third-order valence-electron chi connectivity index (χ3n) is 1.67. The lowest BCUT2D eigenvalue weighted by atomic mass is 10.1. The maximum Gasteiger partial charge on any atom is 0.422 e. The van der Waals surface area contributed by atoms with Crippen molar-refractivity contribution >= 4 is 0 Å². The molecule has 0 amide bonds. The van der Waals surface area contributed by atoms with Gasteiger partial charge in [0.15, 0.2) is 11.6 Å². The molecule has 84 valence electrons. The van der Waals surface area contributed by atoms with Crippen LogP contribution < -0.4 is 4.74 Å². The number of phenolic OH excluding ortho intramolecular Hbond substituents is 1. The van der Waals surface area contributed by atoms with Crippen LogP contribution >= 0.6 is 0 Å². The molecule has 0 bridgehead atoms. The third-order valence-corrected chi connectivity index (χ3v) is 1.67. The van der Waals surface area contributed by atoms with Gasteiger partial charge < -0.3 is 9.84 Å². The Kier molecular flexibility index (Phi) is 3.06. The average molecular weight is 224 g/mol. The van der Waals surface area contributed by atoms with Crippen LogP contribution in [0.25, 0.3) is 0 Å². The summed E-state index contributed by atoms with van der Waals surface area (Å²) in [5.41, 5.74) is -1.70. The molecule has 1 rings (SSSR count). The fraction of sp³-hybridized carbons (Fsp3) is 0.333. The normalized spacial score (nSPS) is 11.5. The number of halogens is 4. The van der Waals surface area contributed by atoms with E-state index in [-0.39, 0.29) is 6.61 Å². The summed E-state index contributed by atoms with van der Waals surface area (Å²) in [6, 6.07) is 1.69. The fourth-order valence-corrected chi connectivity index (χ4v) is 1.08. The molecule has 0 saturated heterocycles. The van der Waals surface area contributed by atoms with Gasteiger partial charge in [-0.1, -0.05) is 0 Å². The Bertz CT molecular complexity index is 360. The zero-order chi connectivity index (χ0) is 11.6. The van der Waals surface area contributed by atoms with Crippen molar-refractivity contribution < 1.29 is 27.4 Å². The highest BCUT2D eigenvalue weighted by Crippen LogP contribution is 2.40. The topological polar surface area (TPSA) is 29.5 Å². The highest BCUT2D eigenvalue weighted by Gasteiger charge is 2.38. The first-order valence-electron chi connectivity index (χ1n) is 4.09. The highest BCUT2D eigenvalue weighted by atomic mass is 19.4. The molecule has 6 heteroatoms. The van der Waals surface area contributed by atoms with Crippen molar-refractivity contribution in [3.8, 4) is 11.5 Å². The molecule has 1 aromatic rings. The van der Waals surface area contributed by atoms with Crippen LogP contribution in [0.5, 0.6) is 11.5 Å². The quantitative estimate of drug-likeness (QED) is 0.782. The first-order chi connectivity index (χ1) is 6.88. The maximum absolute atomic E-state index is 13.2. The second kappa shape index (κ2) is 3.96. The summed E-state index contributed by atoms with van der Waals surface area (Å²) in [4.78, 5) is 0. The van der Waals surface area contributed by atoms with E-state index in [0.29, 0.717) is 0 Å².